The van der Waals surface area contributed by atoms with Crippen LogP contribution in [0.25, 0.3) is 16.9 Å². The second-order valence-corrected chi connectivity index (χ2v) is 5.26. The molecule has 0 bridgehead atoms. The largest absolute Gasteiger partial charge is 0.486 e. The van der Waals surface area contributed by atoms with Crippen LogP contribution in [0.4, 0.5) is 0 Å². The molecule has 0 saturated heterocycles. The topological polar surface area (TPSA) is 73.1 Å². The molecule has 0 amide bonds. The lowest BCUT2D eigenvalue weighted by Gasteiger charge is -2.18. The van der Waals surface area contributed by atoms with Gasteiger partial charge in [0.1, 0.15) is 18.9 Å². The Hall–Kier alpha value is -3.02. The lowest BCUT2D eigenvalue weighted by molar-refractivity contribution is -0.136. The highest BCUT2D eigenvalue weighted by Gasteiger charge is 2.19. The van der Waals surface area contributed by atoms with Crippen molar-refractivity contribution in [3.8, 4) is 22.8 Å². The van der Waals surface area contributed by atoms with Gasteiger partial charge in [0.25, 0.3) is 0 Å². The first-order chi connectivity index (χ1) is 11.2. The zero-order valence-corrected chi connectivity index (χ0v) is 12.2. The first-order valence-corrected chi connectivity index (χ1v) is 7.30. The third-order valence-corrected chi connectivity index (χ3v) is 3.76. The zero-order chi connectivity index (χ0) is 15.8. The van der Waals surface area contributed by atoms with Gasteiger partial charge in [0.2, 0.25) is 0 Å². The number of carboxylic acids is 1. The van der Waals surface area contributed by atoms with E-state index < -0.39 is 5.97 Å². The number of benzene rings is 1. The van der Waals surface area contributed by atoms with Gasteiger partial charge in [-0.05, 0) is 30.3 Å². The quantitative estimate of drug-likeness (QED) is 0.804. The molecule has 3 heterocycles. The predicted octanol–water partition coefficient (Wildman–Crippen LogP) is 2.40. The van der Waals surface area contributed by atoms with E-state index in [9.17, 15) is 9.90 Å². The molecule has 0 aliphatic carbocycles. The number of aliphatic carboxylic acids is 1. The molecule has 0 radical (unpaired) electrons. The second kappa shape index (κ2) is 5.31. The highest BCUT2D eigenvalue weighted by Crippen LogP contribution is 2.35. The Morgan fingerprint density at radius 1 is 1.17 bits per heavy atom. The van der Waals surface area contributed by atoms with E-state index in [-0.39, 0.29) is 6.42 Å². The fourth-order valence-electron chi connectivity index (χ4n) is 2.78. The van der Waals surface area contributed by atoms with Gasteiger partial charge in [0.15, 0.2) is 11.5 Å². The Labute approximate surface area is 131 Å². The van der Waals surface area contributed by atoms with Gasteiger partial charge < -0.3 is 19.0 Å². The molecule has 1 aromatic carbocycles. The Morgan fingerprint density at radius 3 is 2.83 bits per heavy atom. The van der Waals surface area contributed by atoms with Crippen molar-refractivity contribution >= 4 is 11.6 Å². The van der Waals surface area contributed by atoms with Crippen molar-refractivity contribution in [2.75, 3.05) is 13.2 Å². The molecule has 0 atom stereocenters. The van der Waals surface area contributed by atoms with Crippen molar-refractivity contribution in [1.82, 2.24) is 9.38 Å². The lowest BCUT2D eigenvalue weighted by Crippen LogP contribution is -2.15. The number of aromatic nitrogens is 2. The number of ether oxygens (including phenoxy) is 2. The monoisotopic (exact) mass is 310 g/mol. The van der Waals surface area contributed by atoms with Crippen LogP contribution in [0, 0.1) is 0 Å². The van der Waals surface area contributed by atoms with Gasteiger partial charge in [-0.1, -0.05) is 6.07 Å². The minimum absolute atomic E-state index is 0.102. The molecule has 0 unspecified atom stereocenters. The van der Waals surface area contributed by atoms with Gasteiger partial charge >= 0.3 is 5.97 Å². The zero-order valence-electron chi connectivity index (χ0n) is 12.2. The van der Waals surface area contributed by atoms with Gasteiger partial charge in [-0.25, -0.2) is 4.98 Å². The Morgan fingerprint density at radius 2 is 2.00 bits per heavy atom. The molecule has 1 aliphatic heterocycles. The van der Waals surface area contributed by atoms with Gasteiger partial charge in [-0.2, -0.15) is 0 Å². The standard InChI is InChI=1S/C17H14N2O4/c20-16(21)10-12-17(18-15-3-1-2-6-19(12)15)11-4-5-13-14(9-11)23-8-7-22-13/h1-6,9H,7-8,10H2,(H,20,21). The molecule has 1 aliphatic rings. The summed E-state index contributed by atoms with van der Waals surface area (Å²) >= 11 is 0. The summed E-state index contributed by atoms with van der Waals surface area (Å²) in [6, 6.07) is 11.1. The number of pyridine rings is 1. The number of hydrogen-bond donors (Lipinski definition) is 1. The van der Waals surface area contributed by atoms with Crippen molar-refractivity contribution in [1.29, 1.82) is 0 Å². The van der Waals surface area contributed by atoms with Crippen LogP contribution >= 0.6 is 0 Å². The predicted molar refractivity (Wildman–Crippen MR) is 83.0 cm³/mol. The Balaban J connectivity index is 1.89. The summed E-state index contributed by atoms with van der Waals surface area (Å²) in [5.74, 6) is 0.463. The number of hydrogen-bond acceptors (Lipinski definition) is 4. The number of fused-ring (bicyclic) bond motifs is 2. The first-order valence-electron chi connectivity index (χ1n) is 7.30. The molecular formula is C17H14N2O4. The minimum atomic E-state index is -0.894. The van der Waals surface area contributed by atoms with Gasteiger partial charge in [0, 0.05) is 11.8 Å². The average molecular weight is 310 g/mol. The summed E-state index contributed by atoms with van der Waals surface area (Å²) in [6.45, 7) is 1.04. The molecule has 0 spiro atoms. The molecule has 116 valence electrons. The van der Waals surface area contributed by atoms with Crippen molar-refractivity contribution in [2.45, 2.75) is 6.42 Å². The normalized spacial score (nSPS) is 13.2. The van der Waals surface area contributed by atoms with E-state index in [1.165, 1.54) is 0 Å². The van der Waals surface area contributed by atoms with Crippen LogP contribution in [0.3, 0.4) is 0 Å². The van der Waals surface area contributed by atoms with Crippen molar-refractivity contribution in [3.63, 3.8) is 0 Å². The van der Waals surface area contributed by atoms with Crippen LogP contribution in [0.15, 0.2) is 42.6 Å². The molecule has 3 aromatic rings. The number of imidazole rings is 1. The third kappa shape index (κ3) is 2.38. The maximum atomic E-state index is 11.2. The van der Waals surface area contributed by atoms with E-state index in [4.69, 9.17) is 9.47 Å². The molecule has 6 nitrogen and oxygen atoms in total. The van der Waals surface area contributed by atoms with Crippen LogP contribution in [0.1, 0.15) is 5.69 Å². The van der Waals surface area contributed by atoms with E-state index in [0.29, 0.717) is 41.7 Å². The molecule has 1 N–H and O–H groups in total. The van der Waals surface area contributed by atoms with E-state index in [1.807, 2.05) is 42.6 Å². The van der Waals surface area contributed by atoms with Crippen LogP contribution in [-0.4, -0.2) is 33.7 Å². The molecular weight excluding hydrogens is 296 g/mol. The summed E-state index contributed by atoms with van der Waals surface area (Å²) < 4.78 is 12.9. The molecule has 4 rings (SSSR count). The Kier molecular flexibility index (Phi) is 3.15. The van der Waals surface area contributed by atoms with Crippen molar-refractivity contribution in [2.24, 2.45) is 0 Å². The van der Waals surface area contributed by atoms with Gasteiger partial charge in [0.05, 0.1) is 17.8 Å². The first kappa shape index (κ1) is 13.6. The molecule has 6 heteroatoms. The van der Waals surface area contributed by atoms with Crippen molar-refractivity contribution < 1.29 is 19.4 Å². The summed E-state index contributed by atoms with van der Waals surface area (Å²) in [7, 11) is 0. The second-order valence-electron chi connectivity index (χ2n) is 5.26. The summed E-state index contributed by atoms with van der Waals surface area (Å²) in [5.41, 5.74) is 2.82. The van der Waals surface area contributed by atoms with Crippen LogP contribution in [0.2, 0.25) is 0 Å². The summed E-state index contributed by atoms with van der Waals surface area (Å²) in [6.07, 6.45) is 1.72. The fourth-order valence-corrected chi connectivity index (χ4v) is 2.78. The molecule has 0 fully saturated rings. The van der Waals surface area contributed by atoms with E-state index in [2.05, 4.69) is 4.98 Å². The maximum absolute atomic E-state index is 11.2. The highest BCUT2D eigenvalue weighted by molar-refractivity contribution is 5.77. The minimum Gasteiger partial charge on any atom is -0.486 e. The lowest BCUT2D eigenvalue weighted by atomic mass is 10.1. The van der Waals surface area contributed by atoms with E-state index >= 15 is 0 Å². The fraction of sp³-hybridized carbons (Fsp3) is 0.176. The highest BCUT2D eigenvalue weighted by atomic mass is 16.6. The number of carbonyl (C=O) groups is 1. The van der Waals surface area contributed by atoms with Crippen LogP contribution in [0.5, 0.6) is 11.5 Å². The summed E-state index contributed by atoms with van der Waals surface area (Å²) in [4.78, 5) is 15.8. The smallest absolute Gasteiger partial charge is 0.309 e. The molecule has 23 heavy (non-hydrogen) atoms. The van der Waals surface area contributed by atoms with E-state index in [1.54, 1.807) is 4.40 Å². The number of carboxylic acid groups (broad SMARTS) is 1. The number of rotatable bonds is 3. The van der Waals surface area contributed by atoms with E-state index in [0.717, 1.165) is 5.56 Å². The van der Waals surface area contributed by atoms with Gasteiger partial charge in [-0.3, -0.25) is 4.79 Å². The summed E-state index contributed by atoms with van der Waals surface area (Å²) in [5, 5.41) is 9.22. The SMILES string of the molecule is O=C(O)Cc1c(-c2ccc3c(c2)OCCO3)nc2ccccn12. The van der Waals surface area contributed by atoms with Gasteiger partial charge in [-0.15, -0.1) is 0 Å². The Bertz CT molecular complexity index is 901. The molecule has 2 aromatic heterocycles. The van der Waals surface area contributed by atoms with Crippen molar-refractivity contribution in [3.05, 3.63) is 48.3 Å². The third-order valence-electron chi connectivity index (χ3n) is 3.76. The average Bonchev–Trinajstić information content (AvgIpc) is 2.93. The van der Waals surface area contributed by atoms with Crippen LogP contribution in [-0.2, 0) is 11.2 Å². The maximum Gasteiger partial charge on any atom is 0.309 e. The number of nitrogens with zero attached hydrogens (tertiary/aromatic N) is 2. The van der Waals surface area contributed by atoms with Crippen LogP contribution < -0.4 is 9.47 Å². The molecule has 0 saturated carbocycles.